The molecule has 118 valence electrons. The minimum absolute atomic E-state index is 0.0985. The number of H-pyrrole nitrogens is 1. The molecule has 1 aromatic heterocycles. The highest BCUT2D eigenvalue weighted by Gasteiger charge is 2.12. The number of halogens is 1. The molecule has 2 aromatic rings. The minimum atomic E-state index is -0.608. The highest BCUT2D eigenvalue weighted by molar-refractivity contribution is 5.33. The highest BCUT2D eigenvalue weighted by Crippen LogP contribution is 2.18. The summed E-state index contributed by atoms with van der Waals surface area (Å²) in [5.41, 5.74) is 0.237. The molecule has 1 aromatic carbocycles. The van der Waals surface area contributed by atoms with Gasteiger partial charge in [-0.15, -0.1) is 0 Å². The van der Waals surface area contributed by atoms with Crippen molar-refractivity contribution in [3.05, 3.63) is 56.1 Å². The molecule has 1 atom stereocenters. The van der Waals surface area contributed by atoms with E-state index >= 15 is 0 Å². The topological polar surface area (TPSA) is 79.8 Å². The van der Waals surface area contributed by atoms with Crippen molar-refractivity contribution in [1.82, 2.24) is 14.5 Å². The number of benzene rings is 1. The maximum absolute atomic E-state index is 13.3. The lowest BCUT2D eigenvalue weighted by Crippen LogP contribution is -2.39. The number of rotatable bonds is 4. The van der Waals surface area contributed by atoms with Crippen molar-refractivity contribution in [1.29, 1.82) is 0 Å². The molecule has 2 N–H and O–H groups in total. The van der Waals surface area contributed by atoms with Crippen molar-refractivity contribution in [3.63, 3.8) is 0 Å². The smallest absolute Gasteiger partial charge is 0.349 e. The summed E-state index contributed by atoms with van der Waals surface area (Å²) in [7, 11) is 0. The molecule has 0 unspecified atom stereocenters. The Labute approximate surface area is 127 Å². The van der Waals surface area contributed by atoms with Gasteiger partial charge in [0.05, 0.1) is 6.04 Å². The first-order valence-corrected chi connectivity index (χ1v) is 7.05. The van der Waals surface area contributed by atoms with Crippen LogP contribution in [0.4, 0.5) is 10.3 Å². The summed E-state index contributed by atoms with van der Waals surface area (Å²) in [5, 5.41) is 2.95. The molecule has 1 heterocycles. The summed E-state index contributed by atoms with van der Waals surface area (Å²) in [6.45, 7) is 6.97. The van der Waals surface area contributed by atoms with Crippen LogP contribution in [-0.4, -0.2) is 14.5 Å². The molecule has 6 nitrogen and oxygen atoms in total. The van der Waals surface area contributed by atoms with Gasteiger partial charge in [0, 0.05) is 6.04 Å². The van der Waals surface area contributed by atoms with Crippen LogP contribution in [0.1, 0.15) is 44.0 Å². The monoisotopic (exact) mass is 306 g/mol. The van der Waals surface area contributed by atoms with Gasteiger partial charge in [-0.05, 0) is 44.9 Å². The summed E-state index contributed by atoms with van der Waals surface area (Å²) < 4.78 is 14.3. The Hall–Kier alpha value is -2.44. The quantitative estimate of drug-likeness (QED) is 0.907. The number of nitrogens with one attached hydrogen (secondary N) is 2. The maximum atomic E-state index is 13.3. The lowest BCUT2D eigenvalue weighted by molar-refractivity contribution is 0.529. The number of hydrogen-bond acceptors (Lipinski definition) is 4. The molecule has 0 spiro atoms. The molecule has 22 heavy (non-hydrogen) atoms. The Morgan fingerprint density at radius 1 is 1.27 bits per heavy atom. The average molecular weight is 306 g/mol. The van der Waals surface area contributed by atoms with E-state index in [-0.39, 0.29) is 23.8 Å². The number of anilines is 1. The molecule has 0 aliphatic heterocycles. The van der Waals surface area contributed by atoms with Crippen LogP contribution in [0.15, 0.2) is 27.8 Å². The summed E-state index contributed by atoms with van der Waals surface area (Å²) >= 11 is 0. The summed E-state index contributed by atoms with van der Waals surface area (Å²) in [4.78, 5) is 30.1. The van der Waals surface area contributed by atoms with Gasteiger partial charge in [0.25, 0.3) is 0 Å². The van der Waals surface area contributed by atoms with Crippen molar-refractivity contribution in [2.24, 2.45) is 0 Å². The number of aromatic nitrogens is 3. The second-order valence-corrected chi connectivity index (χ2v) is 5.51. The molecular weight excluding hydrogens is 287 g/mol. The van der Waals surface area contributed by atoms with Crippen molar-refractivity contribution >= 4 is 5.95 Å². The van der Waals surface area contributed by atoms with E-state index < -0.39 is 11.4 Å². The lowest BCUT2D eigenvalue weighted by Gasteiger charge is -2.16. The maximum Gasteiger partial charge on any atom is 0.355 e. The summed E-state index contributed by atoms with van der Waals surface area (Å²) in [6.07, 6.45) is 0. The molecule has 7 heteroatoms. The fourth-order valence-corrected chi connectivity index (χ4v) is 2.18. The molecule has 0 aliphatic carbocycles. The fourth-order valence-electron chi connectivity index (χ4n) is 2.18. The van der Waals surface area contributed by atoms with Crippen LogP contribution in [0, 0.1) is 12.7 Å². The van der Waals surface area contributed by atoms with Crippen LogP contribution >= 0.6 is 0 Å². The lowest BCUT2D eigenvalue weighted by atomic mass is 10.1. The van der Waals surface area contributed by atoms with Crippen LogP contribution < -0.4 is 16.7 Å². The molecule has 0 saturated heterocycles. The Kier molecular flexibility index (Phi) is 4.44. The first-order valence-electron chi connectivity index (χ1n) is 7.05. The minimum Gasteiger partial charge on any atom is -0.349 e. The first-order chi connectivity index (χ1) is 10.3. The number of aromatic amines is 1. The fraction of sp³-hybridized carbons (Fsp3) is 0.400. The Bertz CT molecular complexity index is 764. The van der Waals surface area contributed by atoms with Gasteiger partial charge in [-0.25, -0.2) is 18.5 Å². The zero-order valence-corrected chi connectivity index (χ0v) is 13.0. The Balaban J connectivity index is 2.29. The van der Waals surface area contributed by atoms with Crippen molar-refractivity contribution in [3.8, 4) is 0 Å². The molecule has 0 radical (unpaired) electrons. The molecular formula is C15H19FN4O2. The standard InChI is InChI=1S/C15H19FN4O2/c1-8(2)20-14(21)18-13(19-15(20)22)17-10(4)11-5-6-12(16)9(3)7-11/h5-8,10H,1-4H3,(H2,17,18,19,21,22)/t10-/m0/s1. The van der Waals surface area contributed by atoms with Crippen LogP contribution in [0.5, 0.6) is 0 Å². The van der Waals surface area contributed by atoms with Gasteiger partial charge in [-0.1, -0.05) is 12.1 Å². The molecule has 0 bridgehead atoms. The van der Waals surface area contributed by atoms with E-state index in [2.05, 4.69) is 15.3 Å². The van der Waals surface area contributed by atoms with Gasteiger partial charge in [0.2, 0.25) is 5.95 Å². The van der Waals surface area contributed by atoms with Gasteiger partial charge in [-0.2, -0.15) is 4.98 Å². The van der Waals surface area contributed by atoms with Crippen LogP contribution in [-0.2, 0) is 0 Å². The molecule has 0 amide bonds. The zero-order valence-electron chi connectivity index (χ0n) is 13.0. The second-order valence-electron chi connectivity index (χ2n) is 5.51. The number of hydrogen-bond donors (Lipinski definition) is 2. The van der Waals surface area contributed by atoms with Crippen LogP contribution in [0.2, 0.25) is 0 Å². The average Bonchev–Trinajstić information content (AvgIpc) is 2.40. The normalized spacial score (nSPS) is 12.5. The van der Waals surface area contributed by atoms with E-state index in [0.717, 1.165) is 10.1 Å². The van der Waals surface area contributed by atoms with E-state index in [4.69, 9.17) is 0 Å². The predicted octanol–water partition coefficient (Wildman–Crippen LogP) is 2.13. The van der Waals surface area contributed by atoms with Crippen LogP contribution in [0.25, 0.3) is 0 Å². The van der Waals surface area contributed by atoms with E-state index in [1.54, 1.807) is 32.9 Å². The Morgan fingerprint density at radius 3 is 2.50 bits per heavy atom. The van der Waals surface area contributed by atoms with Crippen molar-refractivity contribution in [2.75, 3.05) is 5.32 Å². The van der Waals surface area contributed by atoms with Crippen molar-refractivity contribution < 1.29 is 4.39 Å². The van der Waals surface area contributed by atoms with Gasteiger partial charge in [0.1, 0.15) is 5.82 Å². The van der Waals surface area contributed by atoms with E-state index in [0.29, 0.717) is 5.56 Å². The first kappa shape index (κ1) is 15.9. The largest absolute Gasteiger partial charge is 0.355 e. The summed E-state index contributed by atoms with van der Waals surface area (Å²) in [5.74, 6) is -0.177. The Morgan fingerprint density at radius 2 is 1.95 bits per heavy atom. The molecule has 0 aliphatic rings. The number of nitrogens with zero attached hydrogens (tertiary/aromatic N) is 2. The van der Waals surface area contributed by atoms with Crippen molar-refractivity contribution in [2.45, 2.75) is 39.8 Å². The van der Waals surface area contributed by atoms with E-state index in [9.17, 15) is 14.0 Å². The third kappa shape index (κ3) is 3.24. The van der Waals surface area contributed by atoms with Gasteiger partial charge >= 0.3 is 11.4 Å². The zero-order chi connectivity index (χ0) is 16.4. The second kappa shape index (κ2) is 6.13. The van der Waals surface area contributed by atoms with Gasteiger partial charge < -0.3 is 5.32 Å². The highest BCUT2D eigenvalue weighted by atomic mass is 19.1. The third-order valence-corrected chi connectivity index (χ3v) is 3.41. The predicted molar refractivity (Wildman–Crippen MR) is 82.7 cm³/mol. The number of aryl methyl sites for hydroxylation is 1. The van der Waals surface area contributed by atoms with Gasteiger partial charge in [0.15, 0.2) is 0 Å². The van der Waals surface area contributed by atoms with Crippen LogP contribution in [0.3, 0.4) is 0 Å². The SMILES string of the molecule is Cc1cc([C@H](C)Nc2nc(=O)n(C(C)C)c(=O)[nH]2)ccc1F. The molecule has 2 rings (SSSR count). The van der Waals surface area contributed by atoms with E-state index in [1.807, 2.05) is 6.92 Å². The van der Waals surface area contributed by atoms with Gasteiger partial charge in [-0.3, -0.25) is 4.98 Å². The third-order valence-electron chi connectivity index (χ3n) is 3.41. The van der Waals surface area contributed by atoms with E-state index in [1.165, 1.54) is 6.07 Å². The summed E-state index contributed by atoms with van der Waals surface area (Å²) in [6, 6.07) is 4.23. The molecule has 0 fully saturated rings. The molecule has 0 saturated carbocycles.